The molecule has 3 N–H and O–H groups in total. The Hall–Kier alpha value is -1.35. The quantitative estimate of drug-likeness (QED) is 0.598. The fraction of sp³-hybridized carbons (Fsp3) is 0.462. The zero-order chi connectivity index (χ0) is 11.5. The van der Waals surface area contributed by atoms with Crippen LogP contribution in [0.2, 0.25) is 0 Å². The number of carbonyl (C=O) groups excluding carboxylic acids is 1. The van der Waals surface area contributed by atoms with Crippen LogP contribution in [0, 0.1) is 0 Å². The zero-order valence-electron chi connectivity index (χ0n) is 9.23. The Labute approximate surface area is 95.3 Å². The van der Waals surface area contributed by atoms with E-state index in [0.29, 0.717) is 18.1 Å². The number of phenolic OH excluding ortho intramolecular Hbond substituents is 1. The smallest absolute Gasteiger partial charge is 0.119 e. The van der Waals surface area contributed by atoms with E-state index in [9.17, 15) is 9.90 Å². The average Bonchev–Trinajstić information content (AvgIpc) is 2.58. The fourth-order valence-corrected chi connectivity index (χ4v) is 2.56. The van der Waals surface area contributed by atoms with Crippen LogP contribution in [0.15, 0.2) is 18.2 Å². The lowest BCUT2D eigenvalue weighted by atomic mass is 9.93. The summed E-state index contributed by atoms with van der Waals surface area (Å²) in [6.45, 7) is 0. The predicted molar refractivity (Wildman–Crippen MR) is 62.4 cm³/mol. The molecule has 2 unspecified atom stereocenters. The Bertz CT molecular complexity index is 390. The van der Waals surface area contributed by atoms with Gasteiger partial charge in [0.1, 0.15) is 12.0 Å². The minimum Gasteiger partial charge on any atom is -0.508 e. The number of rotatable bonds is 4. The molecule has 86 valence electrons. The van der Waals surface area contributed by atoms with E-state index in [1.54, 1.807) is 6.07 Å². The first-order chi connectivity index (χ1) is 7.74. The second-order valence-corrected chi connectivity index (χ2v) is 4.42. The van der Waals surface area contributed by atoms with Crippen LogP contribution in [-0.4, -0.2) is 17.4 Å². The molecule has 0 aromatic heterocycles. The van der Waals surface area contributed by atoms with Gasteiger partial charge >= 0.3 is 0 Å². The van der Waals surface area contributed by atoms with Gasteiger partial charge in [-0.15, -0.1) is 0 Å². The molecule has 0 saturated heterocycles. The van der Waals surface area contributed by atoms with Gasteiger partial charge in [-0.05, 0) is 42.4 Å². The Morgan fingerprint density at radius 1 is 1.50 bits per heavy atom. The van der Waals surface area contributed by atoms with E-state index in [0.717, 1.165) is 31.1 Å². The molecule has 0 amide bonds. The number of phenols is 1. The summed E-state index contributed by atoms with van der Waals surface area (Å²) in [5, 5.41) is 9.73. The largest absolute Gasteiger partial charge is 0.508 e. The van der Waals surface area contributed by atoms with Gasteiger partial charge in [-0.3, -0.25) is 0 Å². The number of aldehydes is 1. The molecule has 1 aromatic carbocycles. The standard InChI is InChI=1S/C13H17NO2/c14-12-8-11-9(5-3-6-13(11)16)10(12)4-1-2-7-15/h3,5-7,10,12,16H,1-2,4,8,14H2. The van der Waals surface area contributed by atoms with E-state index < -0.39 is 0 Å². The third kappa shape index (κ3) is 1.95. The van der Waals surface area contributed by atoms with Gasteiger partial charge in [-0.2, -0.15) is 0 Å². The van der Waals surface area contributed by atoms with Crippen LogP contribution >= 0.6 is 0 Å². The highest BCUT2D eigenvalue weighted by atomic mass is 16.3. The number of carbonyl (C=O) groups is 1. The monoisotopic (exact) mass is 219 g/mol. The number of hydrogen-bond donors (Lipinski definition) is 2. The molecule has 0 aliphatic heterocycles. The Morgan fingerprint density at radius 3 is 3.06 bits per heavy atom. The van der Waals surface area contributed by atoms with Crippen molar-refractivity contribution in [3.8, 4) is 5.75 Å². The number of nitrogens with two attached hydrogens (primary N) is 1. The highest BCUT2D eigenvalue weighted by Crippen LogP contribution is 2.39. The molecular weight excluding hydrogens is 202 g/mol. The van der Waals surface area contributed by atoms with Crippen molar-refractivity contribution in [1.29, 1.82) is 0 Å². The van der Waals surface area contributed by atoms with Crippen molar-refractivity contribution in [3.63, 3.8) is 0 Å². The van der Waals surface area contributed by atoms with E-state index in [1.165, 1.54) is 5.56 Å². The minimum absolute atomic E-state index is 0.0787. The Morgan fingerprint density at radius 2 is 2.31 bits per heavy atom. The van der Waals surface area contributed by atoms with Crippen molar-refractivity contribution in [2.75, 3.05) is 0 Å². The molecule has 2 rings (SSSR count). The van der Waals surface area contributed by atoms with E-state index in [4.69, 9.17) is 5.73 Å². The minimum atomic E-state index is 0.0787. The summed E-state index contributed by atoms with van der Waals surface area (Å²) >= 11 is 0. The van der Waals surface area contributed by atoms with Crippen LogP contribution in [0.3, 0.4) is 0 Å². The van der Waals surface area contributed by atoms with Gasteiger partial charge in [-0.1, -0.05) is 12.1 Å². The average molecular weight is 219 g/mol. The molecule has 1 aliphatic rings. The predicted octanol–water partition coefficient (Wildman–Crippen LogP) is 1.73. The number of aromatic hydroxyl groups is 1. The molecule has 0 saturated carbocycles. The molecule has 16 heavy (non-hydrogen) atoms. The highest BCUT2D eigenvalue weighted by molar-refractivity contribution is 5.49. The van der Waals surface area contributed by atoms with Crippen LogP contribution in [0.1, 0.15) is 36.3 Å². The normalized spacial score (nSPS) is 23.1. The molecular formula is C13H17NO2. The third-order valence-electron chi connectivity index (χ3n) is 3.38. The van der Waals surface area contributed by atoms with Crippen molar-refractivity contribution in [2.45, 2.75) is 37.6 Å². The zero-order valence-corrected chi connectivity index (χ0v) is 9.23. The first kappa shape index (κ1) is 11.1. The topological polar surface area (TPSA) is 63.3 Å². The van der Waals surface area contributed by atoms with E-state index in [2.05, 4.69) is 0 Å². The fourth-order valence-electron chi connectivity index (χ4n) is 2.56. The van der Waals surface area contributed by atoms with Gasteiger partial charge < -0.3 is 15.6 Å². The Balaban J connectivity index is 2.16. The summed E-state index contributed by atoms with van der Waals surface area (Å²) in [6.07, 6.45) is 4.09. The van der Waals surface area contributed by atoms with Gasteiger partial charge in [0.25, 0.3) is 0 Å². The van der Waals surface area contributed by atoms with Crippen molar-refractivity contribution >= 4 is 6.29 Å². The number of benzene rings is 1. The van der Waals surface area contributed by atoms with Gasteiger partial charge in [-0.25, -0.2) is 0 Å². The third-order valence-corrected chi connectivity index (χ3v) is 3.38. The van der Waals surface area contributed by atoms with Crippen LogP contribution in [0.4, 0.5) is 0 Å². The lowest BCUT2D eigenvalue weighted by Crippen LogP contribution is -2.24. The van der Waals surface area contributed by atoms with Crippen molar-refractivity contribution in [3.05, 3.63) is 29.3 Å². The molecule has 1 aliphatic carbocycles. The highest BCUT2D eigenvalue weighted by Gasteiger charge is 2.30. The van der Waals surface area contributed by atoms with Crippen LogP contribution < -0.4 is 5.73 Å². The van der Waals surface area contributed by atoms with Crippen LogP contribution in [0.5, 0.6) is 5.75 Å². The SMILES string of the molecule is NC1Cc2c(O)cccc2C1CCCC=O. The molecule has 0 heterocycles. The molecule has 0 radical (unpaired) electrons. The number of fused-ring (bicyclic) bond motifs is 1. The summed E-state index contributed by atoms with van der Waals surface area (Å²) < 4.78 is 0. The van der Waals surface area contributed by atoms with Crippen LogP contribution in [0.25, 0.3) is 0 Å². The number of unbranched alkanes of at least 4 members (excludes halogenated alkanes) is 1. The Kier molecular flexibility index (Phi) is 3.25. The molecule has 0 fully saturated rings. The summed E-state index contributed by atoms with van der Waals surface area (Å²) in [5.74, 6) is 0.646. The molecule has 3 heteroatoms. The maximum absolute atomic E-state index is 10.3. The lowest BCUT2D eigenvalue weighted by Gasteiger charge is -2.15. The first-order valence-corrected chi connectivity index (χ1v) is 5.74. The van der Waals surface area contributed by atoms with Gasteiger partial charge in [0.15, 0.2) is 0 Å². The molecule has 0 bridgehead atoms. The van der Waals surface area contributed by atoms with E-state index in [1.807, 2.05) is 12.1 Å². The summed E-state index contributed by atoms with van der Waals surface area (Å²) in [5.41, 5.74) is 8.24. The maximum Gasteiger partial charge on any atom is 0.119 e. The number of hydrogen-bond acceptors (Lipinski definition) is 3. The van der Waals surface area contributed by atoms with Gasteiger partial charge in [0, 0.05) is 12.5 Å². The van der Waals surface area contributed by atoms with Gasteiger partial charge in [0.05, 0.1) is 0 Å². The second-order valence-electron chi connectivity index (χ2n) is 4.42. The lowest BCUT2D eigenvalue weighted by molar-refractivity contribution is -0.107. The second kappa shape index (κ2) is 4.66. The molecule has 0 spiro atoms. The van der Waals surface area contributed by atoms with Crippen LogP contribution in [-0.2, 0) is 11.2 Å². The first-order valence-electron chi connectivity index (χ1n) is 5.74. The summed E-state index contributed by atoms with van der Waals surface area (Å²) in [4.78, 5) is 10.3. The van der Waals surface area contributed by atoms with E-state index in [-0.39, 0.29) is 6.04 Å². The van der Waals surface area contributed by atoms with Crippen molar-refractivity contribution in [2.24, 2.45) is 5.73 Å². The van der Waals surface area contributed by atoms with Crippen molar-refractivity contribution in [1.82, 2.24) is 0 Å². The summed E-state index contributed by atoms with van der Waals surface area (Å²) in [7, 11) is 0. The molecule has 2 atom stereocenters. The maximum atomic E-state index is 10.3. The van der Waals surface area contributed by atoms with E-state index >= 15 is 0 Å². The van der Waals surface area contributed by atoms with Gasteiger partial charge in [0.2, 0.25) is 0 Å². The van der Waals surface area contributed by atoms with Crippen molar-refractivity contribution < 1.29 is 9.90 Å². The molecule has 3 nitrogen and oxygen atoms in total. The summed E-state index contributed by atoms with van der Waals surface area (Å²) in [6, 6.07) is 5.68. The molecule has 1 aromatic rings.